The highest BCUT2D eigenvalue weighted by Crippen LogP contribution is 2.27. The second kappa shape index (κ2) is 7.89. The zero-order chi connectivity index (χ0) is 21.4. The number of sulfone groups is 1. The maximum atomic E-state index is 12.8. The van der Waals surface area contributed by atoms with Crippen LogP contribution in [0.4, 0.5) is 0 Å². The summed E-state index contributed by atoms with van der Waals surface area (Å²) in [6.07, 6.45) is 2.36. The fraction of sp³-hybridized carbons (Fsp3) is 0.273. The molecule has 2 aromatic carbocycles. The number of benzene rings is 2. The van der Waals surface area contributed by atoms with E-state index in [9.17, 15) is 13.2 Å². The van der Waals surface area contributed by atoms with E-state index >= 15 is 0 Å². The predicted octanol–water partition coefficient (Wildman–Crippen LogP) is 3.43. The first-order valence-corrected chi connectivity index (χ1v) is 11.8. The lowest BCUT2D eigenvalue weighted by atomic mass is 10.0. The number of halogens is 1. The maximum absolute atomic E-state index is 12.8. The van der Waals surface area contributed by atoms with E-state index < -0.39 is 15.4 Å². The van der Waals surface area contributed by atoms with Crippen LogP contribution in [0.25, 0.3) is 16.9 Å². The van der Waals surface area contributed by atoms with Gasteiger partial charge in [-0.1, -0.05) is 41.9 Å². The number of hydrogen-bond donors (Lipinski definition) is 1. The molecule has 0 bridgehead atoms. The van der Waals surface area contributed by atoms with E-state index in [4.69, 9.17) is 16.7 Å². The lowest BCUT2D eigenvalue weighted by molar-refractivity contribution is -0.121. The summed E-state index contributed by atoms with van der Waals surface area (Å²) in [7, 11) is -3.10. The van der Waals surface area contributed by atoms with Crippen molar-refractivity contribution in [2.24, 2.45) is 0 Å². The minimum absolute atomic E-state index is 0.0287. The van der Waals surface area contributed by atoms with E-state index in [2.05, 4.69) is 5.32 Å². The third-order valence-corrected chi connectivity index (χ3v) is 7.38. The SMILES string of the molecule is C[C@]1(NC(=O)Cc2cn(-c3ccccc3)nc2-c2ccc(Cl)cc2)CCS(=O)(=O)C1. The molecule has 156 valence electrons. The van der Waals surface area contributed by atoms with Gasteiger partial charge in [-0.05, 0) is 37.6 Å². The van der Waals surface area contributed by atoms with E-state index in [-0.39, 0.29) is 23.8 Å². The van der Waals surface area contributed by atoms with Crippen molar-refractivity contribution in [3.8, 4) is 16.9 Å². The normalized spacial score (nSPS) is 20.2. The molecule has 0 aliphatic carbocycles. The second-order valence-corrected chi connectivity index (χ2v) is 10.5. The summed E-state index contributed by atoms with van der Waals surface area (Å²) < 4.78 is 25.4. The van der Waals surface area contributed by atoms with Crippen molar-refractivity contribution in [2.45, 2.75) is 25.3 Å². The molecule has 1 amide bonds. The van der Waals surface area contributed by atoms with Crippen LogP contribution in [0, 0.1) is 0 Å². The molecule has 4 rings (SSSR count). The molecule has 0 radical (unpaired) electrons. The van der Waals surface area contributed by atoms with E-state index in [1.807, 2.05) is 48.7 Å². The van der Waals surface area contributed by atoms with Crippen molar-refractivity contribution in [3.63, 3.8) is 0 Å². The van der Waals surface area contributed by atoms with Gasteiger partial charge in [0.25, 0.3) is 0 Å². The summed E-state index contributed by atoms with van der Waals surface area (Å²) in [6.45, 7) is 1.78. The molecule has 1 saturated heterocycles. The molecule has 6 nitrogen and oxygen atoms in total. The number of amides is 1. The van der Waals surface area contributed by atoms with Gasteiger partial charge in [0.15, 0.2) is 9.84 Å². The summed E-state index contributed by atoms with van der Waals surface area (Å²) in [5.41, 5.74) is 2.45. The van der Waals surface area contributed by atoms with Crippen molar-refractivity contribution in [3.05, 3.63) is 71.4 Å². The number of aromatic nitrogens is 2. The van der Waals surface area contributed by atoms with E-state index in [0.29, 0.717) is 17.1 Å². The van der Waals surface area contributed by atoms with Crippen LogP contribution in [0.2, 0.25) is 5.02 Å². The van der Waals surface area contributed by atoms with Crippen LogP contribution in [0.1, 0.15) is 18.9 Å². The Morgan fingerprint density at radius 3 is 2.50 bits per heavy atom. The highest BCUT2D eigenvalue weighted by atomic mass is 35.5. The molecule has 1 fully saturated rings. The summed E-state index contributed by atoms with van der Waals surface area (Å²) >= 11 is 6.02. The molecule has 3 aromatic rings. The molecule has 1 aliphatic heterocycles. The first kappa shape index (κ1) is 20.6. The zero-order valence-corrected chi connectivity index (χ0v) is 18.1. The average molecular weight is 444 g/mol. The Morgan fingerprint density at radius 2 is 1.87 bits per heavy atom. The van der Waals surface area contributed by atoms with Crippen molar-refractivity contribution in [1.29, 1.82) is 0 Å². The van der Waals surface area contributed by atoms with Gasteiger partial charge in [-0.25, -0.2) is 13.1 Å². The number of hydrogen-bond acceptors (Lipinski definition) is 4. The molecule has 1 aliphatic rings. The Balaban J connectivity index is 1.63. The molecule has 1 atom stereocenters. The fourth-order valence-corrected chi connectivity index (χ4v) is 5.98. The van der Waals surface area contributed by atoms with Gasteiger partial charge in [-0.15, -0.1) is 0 Å². The van der Waals surface area contributed by atoms with Crippen LogP contribution in [-0.2, 0) is 21.1 Å². The Bertz CT molecular complexity index is 1170. The van der Waals surface area contributed by atoms with Crippen molar-refractivity contribution in [2.75, 3.05) is 11.5 Å². The highest BCUT2D eigenvalue weighted by molar-refractivity contribution is 7.91. The number of para-hydroxylation sites is 1. The molecule has 30 heavy (non-hydrogen) atoms. The smallest absolute Gasteiger partial charge is 0.225 e. The van der Waals surface area contributed by atoms with Crippen molar-refractivity contribution < 1.29 is 13.2 Å². The Kier molecular flexibility index (Phi) is 5.42. The fourth-order valence-electron chi connectivity index (χ4n) is 3.77. The molecule has 1 N–H and O–H groups in total. The van der Waals surface area contributed by atoms with Gasteiger partial charge in [0.05, 0.1) is 34.8 Å². The van der Waals surface area contributed by atoms with Crippen LogP contribution < -0.4 is 5.32 Å². The van der Waals surface area contributed by atoms with Gasteiger partial charge in [-0.2, -0.15) is 5.10 Å². The van der Waals surface area contributed by atoms with Gasteiger partial charge >= 0.3 is 0 Å². The summed E-state index contributed by atoms with van der Waals surface area (Å²) in [6, 6.07) is 17.0. The van der Waals surface area contributed by atoms with Crippen LogP contribution in [0.3, 0.4) is 0 Å². The molecule has 0 unspecified atom stereocenters. The Morgan fingerprint density at radius 1 is 1.17 bits per heavy atom. The standard InChI is InChI=1S/C22H22ClN3O3S/c1-22(11-12-30(28,29)15-22)24-20(27)13-17-14-26(19-5-3-2-4-6-19)25-21(17)16-7-9-18(23)10-8-16/h2-10,14H,11-13,15H2,1H3,(H,24,27)/t22-/m0/s1. The zero-order valence-electron chi connectivity index (χ0n) is 16.5. The first-order chi connectivity index (χ1) is 14.2. The van der Waals surface area contributed by atoms with Crippen LogP contribution in [0.15, 0.2) is 60.8 Å². The topological polar surface area (TPSA) is 81.1 Å². The highest BCUT2D eigenvalue weighted by Gasteiger charge is 2.39. The summed E-state index contributed by atoms with van der Waals surface area (Å²) in [4.78, 5) is 12.8. The molecular weight excluding hydrogens is 422 g/mol. The van der Waals surface area contributed by atoms with E-state index in [1.54, 1.807) is 23.7 Å². The minimum Gasteiger partial charge on any atom is -0.350 e. The summed E-state index contributed by atoms with van der Waals surface area (Å²) in [5, 5.41) is 8.24. The van der Waals surface area contributed by atoms with Crippen LogP contribution >= 0.6 is 11.6 Å². The third-order valence-electron chi connectivity index (χ3n) is 5.22. The van der Waals surface area contributed by atoms with Gasteiger partial charge in [0, 0.05) is 22.3 Å². The number of carbonyl (C=O) groups is 1. The first-order valence-electron chi connectivity index (χ1n) is 9.64. The number of nitrogens with zero attached hydrogens (tertiary/aromatic N) is 2. The molecule has 0 spiro atoms. The van der Waals surface area contributed by atoms with Crippen LogP contribution in [0.5, 0.6) is 0 Å². The predicted molar refractivity (Wildman–Crippen MR) is 118 cm³/mol. The number of carbonyl (C=O) groups excluding carboxylic acids is 1. The molecule has 0 saturated carbocycles. The largest absolute Gasteiger partial charge is 0.350 e. The van der Waals surface area contributed by atoms with Gasteiger partial charge in [0.2, 0.25) is 5.91 Å². The molecular formula is C22H22ClN3O3S. The monoisotopic (exact) mass is 443 g/mol. The van der Waals surface area contributed by atoms with Gasteiger partial charge in [-0.3, -0.25) is 4.79 Å². The number of rotatable bonds is 5. The van der Waals surface area contributed by atoms with E-state index in [1.165, 1.54) is 0 Å². The molecule has 8 heteroatoms. The third kappa shape index (κ3) is 4.57. The van der Waals surface area contributed by atoms with Crippen LogP contribution in [-0.4, -0.2) is 41.2 Å². The quantitative estimate of drug-likeness (QED) is 0.655. The Labute approximate surface area is 180 Å². The van der Waals surface area contributed by atoms with Gasteiger partial charge < -0.3 is 5.32 Å². The summed E-state index contributed by atoms with van der Waals surface area (Å²) in [5.74, 6) is -0.150. The molecule has 1 aromatic heterocycles. The van der Waals surface area contributed by atoms with Crippen molar-refractivity contribution >= 4 is 27.3 Å². The Hall–Kier alpha value is -2.64. The minimum atomic E-state index is -3.10. The average Bonchev–Trinajstić information content (AvgIpc) is 3.23. The van der Waals surface area contributed by atoms with Crippen molar-refractivity contribution in [1.82, 2.24) is 15.1 Å². The second-order valence-electron chi connectivity index (χ2n) is 7.92. The number of nitrogens with one attached hydrogen (secondary N) is 1. The lowest BCUT2D eigenvalue weighted by Gasteiger charge is -2.23. The lowest BCUT2D eigenvalue weighted by Crippen LogP contribution is -2.47. The van der Waals surface area contributed by atoms with Gasteiger partial charge in [0.1, 0.15) is 0 Å². The molecule has 2 heterocycles. The maximum Gasteiger partial charge on any atom is 0.225 e. The van der Waals surface area contributed by atoms with E-state index in [0.717, 1.165) is 16.8 Å².